The minimum Gasteiger partial charge on any atom is -0.456 e. The Labute approximate surface area is 137 Å². The highest BCUT2D eigenvalue weighted by atomic mass is 19.1. The second-order valence-electron chi connectivity index (χ2n) is 5.24. The van der Waals surface area contributed by atoms with Crippen LogP contribution in [0.15, 0.2) is 61.1 Å². The summed E-state index contributed by atoms with van der Waals surface area (Å²) in [4.78, 5) is 16.2. The van der Waals surface area contributed by atoms with Crippen molar-refractivity contribution in [1.82, 2.24) is 9.55 Å². The molecule has 24 heavy (non-hydrogen) atoms. The van der Waals surface area contributed by atoms with Gasteiger partial charge in [0.15, 0.2) is 0 Å². The number of benzene rings is 2. The van der Waals surface area contributed by atoms with Crippen molar-refractivity contribution < 1.29 is 18.3 Å². The zero-order valence-corrected chi connectivity index (χ0v) is 12.7. The number of hydrogen-bond acceptors (Lipinski definition) is 3. The van der Waals surface area contributed by atoms with Crippen molar-refractivity contribution in [2.45, 2.75) is 13.2 Å². The molecule has 0 bridgehead atoms. The van der Waals surface area contributed by atoms with E-state index in [2.05, 4.69) is 4.98 Å². The second-order valence-corrected chi connectivity index (χ2v) is 5.24. The van der Waals surface area contributed by atoms with E-state index in [4.69, 9.17) is 4.74 Å². The first kappa shape index (κ1) is 15.9. The van der Waals surface area contributed by atoms with Gasteiger partial charge in [-0.25, -0.2) is 18.6 Å². The molecule has 0 N–H and O–H groups in total. The molecule has 1 heterocycles. The minimum atomic E-state index is -0.529. The van der Waals surface area contributed by atoms with Crippen LogP contribution in [-0.4, -0.2) is 15.5 Å². The molecular formula is C18H14F2N2O2. The van der Waals surface area contributed by atoms with E-state index in [1.165, 1.54) is 36.8 Å². The molecule has 3 rings (SSSR count). The van der Waals surface area contributed by atoms with Crippen molar-refractivity contribution in [3.8, 4) is 0 Å². The molecule has 6 heteroatoms. The zero-order chi connectivity index (χ0) is 16.9. The highest BCUT2D eigenvalue weighted by Crippen LogP contribution is 2.11. The van der Waals surface area contributed by atoms with Crippen molar-refractivity contribution in [2.24, 2.45) is 0 Å². The largest absolute Gasteiger partial charge is 0.456 e. The summed E-state index contributed by atoms with van der Waals surface area (Å²) in [6, 6.07) is 11.7. The fraction of sp³-hybridized carbons (Fsp3) is 0.111. The first-order valence-corrected chi connectivity index (χ1v) is 7.28. The quantitative estimate of drug-likeness (QED) is 0.673. The predicted molar refractivity (Wildman–Crippen MR) is 83.2 cm³/mol. The molecule has 0 saturated carbocycles. The summed E-state index contributed by atoms with van der Waals surface area (Å²) < 4.78 is 32.6. The molecule has 0 radical (unpaired) electrons. The van der Waals surface area contributed by atoms with Crippen molar-refractivity contribution in [2.75, 3.05) is 0 Å². The lowest BCUT2D eigenvalue weighted by Gasteiger charge is -2.09. The van der Waals surface area contributed by atoms with E-state index in [0.29, 0.717) is 17.8 Å². The van der Waals surface area contributed by atoms with Crippen LogP contribution in [0.3, 0.4) is 0 Å². The molecule has 0 unspecified atom stereocenters. The maximum atomic E-state index is 12.9. The number of imidazole rings is 1. The third kappa shape index (κ3) is 3.84. The monoisotopic (exact) mass is 328 g/mol. The van der Waals surface area contributed by atoms with Gasteiger partial charge in [-0.3, -0.25) is 0 Å². The van der Waals surface area contributed by atoms with Crippen LogP contribution in [0.5, 0.6) is 0 Å². The molecule has 4 nitrogen and oxygen atoms in total. The zero-order valence-electron chi connectivity index (χ0n) is 12.7. The summed E-state index contributed by atoms with van der Waals surface area (Å²) in [5, 5.41) is 0. The molecule has 3 aromatic rings. The molecule has 1 aromatic heterocycles. The Hall–Kier alpha value is -3.02. The predicted octanol–water partition coefficient (Wildman–Crippen LogP) is 3.57. The van der Waals surface area contributed by atoms with E-state index in [1.54, 1.807) is 28.8 Å². The number of halogens is 2. The number of hydrogen-bond donors (Lipinski definition) is 0. The molecule has 0 atom stereocenters. The van der Waals surface area contributed by atoms with Crippen LogP contribution >= 0.6 is 0 Å². The number of rotatable bonds is 5. The van der Waals surface area contributed by atoms with E-state index < -0.39 is 5.97 Å². The SMILES string of the molecule is O=C(OCc1ccc(F)cc1)c1cncn1Cc1ccc(F)cc1. The lowest BCUT2D eigenvalue weighted by Crippen LogP contribution is -2.12. The van der Waals surface area contributed by atoms with Crippen molar-refractivity contribution in [3.05, 3.63) is 89.5 Å². The van der Waals surface area contributed by atoms with Gasteiger partial charge in [0, 0.05) is 6.54 Å². The molecule has 0 spiro atoms. The molecule has 122 valence electrons. The van der Waals surface area contributed by atoms with Crippen molar-refractivity contribution >= 4 is 5.97 Å². The fourth-order valence-corrected chi connectivity index (χ4v) is 2.21. The normalized spacial score (nSPS) is 10.6. The van der Waals surface area contributed by atoms with Crippen molar-refractivity contribution in [1.29, 1.82) is 0 Å². The van der Waals surface area contributed by atoms with Crippen LogP contribution in [0.2, 0.25) is 0 Å². The number of aromatic nitrogens is 2. The van der Waals surface area contributed by atoms with Crippen LogP contribution in [-0.2, 0) is 17.9 Å². The van der Waals surface area contributed by atoms with E-state index in [-0.39, 0.29) is 18.2 Å². The summed E-state index contributed by atoms with van der Waals surface area (Å²) in [7, 11) is 0. The number of esters is 1. The summed E-state index contributed by atoms with van der Waals surface area (Å²) in [6.45, 7) is 0.419. The molecule has 0 fully saturated rings. The van der Waals surface area contributed by atoms with E-state index in [9.17, 15) is 13.6 Å². The number of carbonyl (C=O) groups excluding carboxylic acids is 1. The third-order valence-electron chi connectivity index (χ3n) is 3.47. The van der Waals surface area contributed by atoms with Crippen LogP contribution in [0, 0.1) is 11.6 Å². The van der Waals surface area contributed by atoms with Gasteiger partial charge in [-0.05, 0) is 35.4 Å². The lowest BCUT2D eigenvalue weighted by molar-refractivity contribution is 0.0460. The van der Waals surface area contributed by atoms with Gasteiger partial charge in [0.2, 0.25) is 0 Å². The Morgan fingerprint density at radius 1 is 0.958 bits per heavy atom. The average Bonchev–Trinajstić information content (AvgIpc) is 3.04. The van der Waals surface area contributed by atoms with Gasteiger partial charge in [0.25, 0.3) is 0 Å². The number of ether oxygens (including phenoxy) is 1. The molecule has 2 aromatic carbocycles. The first-order chi connectivity index (χ1) is 11.6. The fourth-order valence-electron chi connectivity index (χ4n) is 2.21. The van der Waals surface area contributed by atoms with Crippen LogP contribution in [0.1, 0.15) is 21.6 Å². The van der Waals surface area contributed by atoms with E-state index in [0.717, 1.165) is 5.56 Å². The van der Waals surface area contributed by atoms with Crippen LogP contribution in [0.4, 0.5) is 8.78 Å². The van der Waals surface area contributed by atoms with E-state index >= 15 is 0 Å². The molecule has 0 aliphatic rings. The van der Waals surface area contributed by atoms with Crippen LogP contribution in [0.25, 0.3) is 0 Å². The van der Waals surface area contributed by atoms with Gasteiger partial charge in [-0.1, -0.05) is 24.3 Å². The van der Waals surface area contributed by atoms with Gasteiger partial charge < -0.3 is 9.30 Å². The summed E-state index contributed by atoms with van der Waals surface area (Å²) >= 11 is 0. The second kappa shape index (κ2) is 7.04. The van der Waals surface area contributed by atoms with Gasteiger partial charge >= 0.3 is 5.97 Å². The van der Waals surface area contributed by atoms with Gasteiger partial charge in [0.1, 0.15) is 23.9 Å². The summed E-state index contributed by atoms with van der Waals surface area (Å²) in [5.41, 5.74) is 1.82. The first-order valence-electron chi connectivity index (χ1n) is 7.28. The topological polar surface area (TPSA) is 44.1 Å². The summed E-state index contributed by atoms with van der Waals surface area (Å²) in [5.74, 6) is -1.19. The Bertz CT molecular complexity index is 827. The minimum absolute atomic E-state index is 0.0425. The number of nitrogens with zero attached hydrogens (tertiary/aromatic N) is 2. The van der Waals surface area contributed by atoms with Crippen molar-refractivity contribution in [3.63, 3.8) is 0 Å². The molecule has 0 amide bonds. The standard InChI is InChI=1S/C18H14F2N2O2/c19-15-5-1-13(2-6-15)10-22-12-21-9-17(22)18(23)24-11-14-3-7-16(20)8-4-14/h1-9,12H,10-11H2. The smallest absolute Gasteiger partial charge is 0.356 e. The van der Waals surface area contributed by atoms with Gasteiger partial charge in [0.05, 0.1) is 12.5 Å². The Morgan fingerprint density at radius 3 is 2.17 bits per heavy atom. The molecule has 0 aliphatic heterocycles. The Morgan fingerprint density at radius 2 is 1.54 bits per heavy atom. The average molecular weight is 328 g/mol. The molecule has 0 saturated heterocycles. The Balaban J connectivity index is 1.66. The third-order valence-corrected chi connectivity index (χ3v) is 3.47. The van der Waals surface area contributed by atoms with Gasteiger partial charge in [-0.15, -0.1) is 0 Å². The Kier molecular flexibility index (Phi) is 4.65. The summed E-state index contributed by atoms with van der Waals surface area (Å²) in [6.07, 6.45) is 2.92. The van der Waals surface area contributed by atoms with Crippen LogP contribution < -0.4 is 0 Å². The highest BCUT2D eigenvalue weighted by molar-refractivity contribution is 5.87. The lowest BCUT2D eigenvalue weighted by atomic mass is 10.2. The molecular weight excluding hydrogens is 314 g/mol. The number of carbonyl (C=O) groups is 1. The molecule has 0 aliphatic carbocycles. The highest BCUT2D eigenvalue weighted by Gasteiger charge is 2.14. The van der Waals surface area contributed by atoms with E-state index in [1.807, 2.05) is 0 Å². The van der Waals surface area contributed by atoms with Gasteiger partial charge in [-0.2, -0.15) is 0 Å². The maximum absolute atomic E-state index is 12.9. The maximum Gasteiger partial charge on any atom is 0.356 e.